The average molecular weight is 449 g/mol. The number of carbonyl (C=O) groups excluding carboxylic acids is 3. The molecular weight excluding hydrogens is 420 g/mol. The number of hydrogen-bond acceptors (Lipinski definition) is 6. The smallest absolute Gasteiger partial charge is 0.255 e. The molecule has 5 rings (SSSR count). The van der Waals surface area contributed by atoms with Crippen LogP contribution in [0.1, 0.15) is 39.9 Å². The monoisotopic (exact) mass is 448 g/mol. The Morgan fingerprint density at radius 2 is 1.76 bits per heavy atom. The van der Waals surface area contributed by atoms with Crippen molar-refractivity contribution in [3.63, 3.8) is 0 Å². The maximum absolute atomic E-state index is 13.0. The van der Waals surface area contributed by atoms with Gasteiger partial charge in [0.2, 0.25) is 11.8 Å². The lowest BCUT2D eigenvalue weighted by Gasteiger charge is -2.29. The minimum absolute atomic E-state index is 0.157. The summed E-state index contributed by atoms with van der Waals surface area (Å²) in [6.45, 7) is 5.47. The molecule has 3 amide bonds. The van der Waals surface area contributed by atoms with Gasteiger partial charge in [-0.3, -0.25) is 24.6 Å². The molecule has 0 spiro atoms. The van der Waals surface area contributed by atoms with Crippen LogP contribution in [-0.4, -0.2) is 59.9 Å². The van der Waals surface area contributed by atoms with E-state index in [0.29, 0.717) is 25.1 Å². The van der Waals surface area contributed by atoms with E-state index >= 15 is 0 Å². The standard InChI is InChI=1S/C25H28N4O4/c30-23-9-8-22(24(31)27-23)29-16-20-19(25(29)32)2-1-3-21(20)26-14-17-4-6-18(7-5-17)15-28-10-12-33-13-11-28/h1-7,22,26H,8-16H2,(H,27,30,31)/t22-/m0/s1. The van der Waals surface area contributed by atoms with Crippen molar-refractivity contribution in [2.24, 2.45) is 0 Å². The Bertz CT molecular complexity index is 1060. The molecule has 3 aliphatic rings. The highest BCUT2D eigenvalue weighted by Gasteiger charge is 2.39. The van der Waals surface area contributed by atoms with Gasteiger partial charge >= 0.3 is 0 Å². The number of anilines is 1. The van der Waals surface area contributed by atoms with Gasteiger partial charge in [0.1, 0.15) is 6.04 Å². The molecule has 2 fully saturated rings. The Morgan fingerprint density at radius 3 is 2.52 bits per heavy atom. The lowest BCUT2D eigenvalue weighted by molar-refractivity contribution is -0.136. The van der Waals surface area contributed by atoms with Crippen LogP contribution in [0.5, 0.6) is 0 Å². The maximum atomic E-state index is 13.0. The number of fused-ring (bicyclic) bond motifs is 1. The molecule has 1 atom stereocenters. The fourth-order valence-corrected chi connectivity index (χ4v) is 4.73. The number of ether oxygens (including phenoxy) is 1. The Kier molecular flexibility index (Phi) is 6.11. The van der Waals surface area contributed by atoms with Crippen LogP contribution >= 0.6 is 0 Å². The van der Waals surface area contributed by atoms with E-state index in [2.05, 4.69) is 39.8 Å². The van der Waals surface area contributed by atoms with Crippen LogP contribution < -0.4 is 10.6 Å². The molecule has 8 heteroatoms. The van der Waals surface area contributed by atoms with Crippen molar-refractivity contribution in [3.05, 3.63) is 64.7 Å². The van der Waals surface area contributed by atoms with Crippen molar-refractivity contribution >= 4 is 23.4 Å². The molecule has 0 aromatic heterocycles. The minimum atomic E-state index is -0.602. The van der Waals surface area contributed by atoms with E-state index in [9.17, 15) is 14.4 Å². The van der Waals surface area contributed by atoms with E-state index in [1.54, 1.807) is 11.0 Å². The first-order valence-corrected chi connectivity index (χ1v) is 11.5. The van der Waals surface area contributed by atoms with Crippen LogP contribution in [0.25, 0.3) is 0 Å². The van der Waals surface area contributed by atoms with Gasteiger partial charge in [-0.15, -0.1) is 0 Å². The molecule has 2 saturated heterocycles. The minimum Gasteiger partial charge on any atom is -0.381 e. The zero-order valence-corrected chi connectivity index (χ0v) is 18.5. The van der Waals surface area contributed by atoms with Crippen LogP contribution in [0.2, 0.25) is 0 Å². The Labute approximate surface area is 192 Å². The first-order chi connectivity index (χ1) is 16.1. The fraction of sp³-hybridized carbons (Fsp3) is 0.400. The number of hydrogen-bond donors (Lipinski definition) is 2. The van der Waals surface area contributed by atoms with Gasteiger partial charge in [0.05, 0.1) is 13.2 Å². The lowest BCUT2D eigenvalue weighted by atomic mass is 10.0. The number of nitrogens with one attached hydrogen (secondary N) is 2. The van der Waals surface area contributed by atoms with Crippen molar-refractivity contribution in [2.75, 3.05) is 31.6 Å². The van der Waals surface area contributed by atoms with Crippen molar-refractivity contribution in [2.45, 2.75) is 38.5 Å². The molecule has 0 unspecified atom stereocenters. The first-order valence-electron chi connectivity index (χ1n) is 11.5. The van der Waals surface area contributed by atoms with Gasteiger partial charge < -0.3 is 15.0 Å². The number of carbonyl (C=O) groups is 3. The molecular formula is C25H28N4O4. The maximum Gasteiger partial charge on any atom is 0.255 e. The summed E-state index contributed by atoms with van der Waals surface area (Å²) in [5, 5.41) is 5.81. The molecule has 2 aromatic carbocycles. The number of imide groups is 1. The van der Waals surface area contributed by atoms with Gasteiger partial charge in [0.25, 0.3) is 5.91 Å². The molecule has 0 saturated carbocycles. The number of benzene rings is 2. The van der Waals surface area contributed by atoms with Gasteiger partial charge in [-0.1, -0.05) is 30.3 Å². The number of morpholine rings is 1. The third-order valence-electron chi connectivity index (χ3n) is 6.60. The summed E-state index contributed by atoms with van der Waals surface area (Å²) < 4.78 is 5.41. The number of piperidine rings is 1. The number of amides is 3. The van der Waals surface area contributed by atoms with Crippen LogP contribution in [-0.2, 0) is 34.0 Å². The summed E-state index contributed by atoms with van der Waals surface area (Å²) in [6.07, 6.45) is 0.618. The fourth-order valence-electron chi connectivity index (χ4n) is 4.73. The highest BCUT2D eigenvalue weighted by Crippen LogP contribution is 2.32. The van der Waals surface area contributed by atoms with Gasteiger partial charge in [-0.05, 0) is 29.7 Å². The predicted molar refractivity (Wildman–Crippen MR) is 122 cm³/mol. The Morgan fingerprint density at radius 1 is 1.00 bits per heavy atom. The predicted octanol–water partition coefficient (Wildman–Crippen LogP) is 1.89. The second-order valence-corrected chi connectivity index (χ2v) is 8.79. The van der Waals surface area contributed by atoms with E-state index < -0.39 is 6.04 Å². The molecule has 8 nitrogen and oxygen atoms in total. The summed E-state index contributed by atoms with van der Waals surface area (Å²) in [7, 11) is 0. The summed E-state index contributed by atoms with van der Waals surface area (Å²) in [4.78, 5) is 40.7. The van der Waals surface area contributed by atoms with Crippen LogP contribution in [0.15, 0.2) is 42.5 Å². The Balaban J connectivity index is 1.23. The van der Waals surface area contributed by atoms with Crippen LogP contribution in [0.3, 0.4) is 0 Å². The zero-order chi connectivity index (χ0) is 22.8. The first kappa shape index (κ1) is 21.6. The zero-order valence-electron chi connectivity index (χ0n) is 18.5. The number of rotatable bonds is 6. The third kappa shape index (κ3) is 4.62. The molecule has 172 valence electrons. The van der Waals surface area contributed by atoms with E-state index in [1.165, 1.54) is 5.56 Å². The molecule has 3 heterocycles. The second-order valence-electron chi connectivity index (χ2n) is 8.79. The molecule has 0 radical (unpaired) electrons. The van der Waals surface area contributed by atoms with Crippen molar-refractivity contribution in [3.8, 4) is 0 Å². The third-order valence-corrected chi connectivity index (χ3v) is 6.60. The van der Waals surface area contributed by atoms with Crippen LogP contribution in [0.4, 0.5) is 5.69 Å². The Hall–Kier alpha value is -3.23. The van der Waals surface area contributed by atoms with Crippen molar-refractivity contribution in [1.29, 1.82) is 0 Å². The van der Waals surface area contributed by atoms with Gasteiger partial charge in [0.15, 0.2) is 0 Å². The average Bonchev–Trinajstić information content (AvgIpc) is 3.16. The topological polar surface area (TPSA) is 91.0 Å². The van der Waals surface area contributed by atoms with Crippen molar-refractivity contribution in [1.82, 2.24) is 15.1 Å². The van der Waals surface area contributed by atoms with Gasteiger partial charge in [0, 0.05) is 56.0 Å². The molecule has 33 heavy (non-hydrogen) atoms. The van der Waals surface area contributed by atoms with E-state index in [0.717, 1.165) is 49.7 Å². The molecule has 3 aliphatic heterocycles. The highest BCUT2D eigenvalue weighted by molar-refractivity contribution is 6.06. The van der Waals surface area contributed by atoms with Gasteiger partial charge in [-0.2, -0.15) is 0 Å². The largest absolute Gasteiger partial charge is 0.381 e. The summed E-state index contributed by atoms with van der Waals surface area (Å²) >= 11 is 0. The molecule has 2 N–H and O–H groups in total. The van der Waals surface area contributed by atoms with E-state index in [4.69, 9.17) is 4.74 Å². The van der Waals surface area contributed by atoms with E-state index in [1.807, 2.05) is 12.1 Å². The summed E-state index contributed by atoms with van der Waals surface area (Å²) in [5.74, 6) is -0.826. The summed E-state index contributed by atoms with van der Waals surface area (Å²) in [6, 6.07) is 13.6. The van der Waals surface area contributed by atoms with E-state index in [-0.39, 0.29) is 24.1 Å². The van der Waals surface area contributed by atoms with Gasteiger partial charge in [-0.25, -0.2) is 0 Å². The molecule has 0 bridgehead atoms. The molecule has 2 aromatic rings. The lowest BCUT2D eigenvalue weighted by Crippen LogP contribution is -2.52. The van der Waals surface area contributed by atoms with Crippen LogP contribution in [0, 0.1) is 0 Å². The normalized spacial score (nSPS) is 21.2. The SMILES string of the molecule is O=C1CC[C@H](N2Cc3c(NCc4ccc(CN5CCOCC5)cc4)cccc3C2=O)C(=O)N1. The highest BCUT2D eigenvalue weighted by atomic mass is 16.5. The number of nitrogens with zero attached hydrogens (tertiary/aromatic N) is 2. The second kappa shape index (κ2) is 9.33. The quantitative estimate of drug-likeness (QED) is 0.656. The molecule has 0 aliphatic carbocycles. The summed E-state index contributed by atoms with van der Waals surface area (Å²) in [5.41, 5.74) is 4.85. The van der Waals surface area contributed by atoms with Crippen molar-refractivity contribution < 1.29 is 19.1 Å².